The maximum atomic E-state index is 12.9. The highest BCUT2D eigenvalue weighted by Crippen LogP contribution is 2.44. The normalized spacial score (nSPS) is 22.7. The van der Waals surface area contributed by atoms with Gasteiger partial charge in [-0.2, -0.15) is 0 Å². The van der Waals surface area contributed by atoms with Crippen LogP contribution >= 0.6 is 0 Å². The van der Waals surface area contributed by atoms with E-state index in [-0.39, 0.29) is 17.8 Å². The van der Waals surface area contributed by atoms with E-state index in [0.717, 1.165) is 25.7 Å². The number of carbonyl (C=O) groups excluding carboxylic acids is 1. The third-order valence-corrected chi connectivity index (χ3v) is 5.24. The highest BCUT2D eigenvalue weighted by molar-refractivity contribution is 5.96. The van der Waals surface area contributed by atoms with Crippen molar-refractivity contribution in [2.24, 2.45) is 0 Å². The van der Waals surface area contributed by atoms with Crippen LogP contribution in [0, 0.1) is 6.92 Å². The molecule has 1 aromatic heterocycles. The number of benzene rings is 1. The Morgan fingerprint density at radius 3 is 2.50 bits per heavy atom. The Balaban J connectivity index is 1.51. The fourth-order valence-corrected chi connectivity index (χ4v) is 3.73. The molecular weight excluding hydrogens is 300 g/mol. The van der Waals surface area contributed by atoms with Crippen LogP contribution in [0.25, 0.3) is 0 Å². The third kappa shape index (κ3) is 2.64. The second kappa shape index (κ2) is 5.89. The molecular formula is C19H22N4O. The number of hydrogen-bond acceptors (Lipinski definition) is 4. The minimum absolute atomic E-state index is 0.0590. The van der Waals surface area contributed by atoms with Crippen LogP contribution in [0.1, 0.15) is 53.2 Å². The summed E-state index contributed by atoms with van der Waals surface area (Å²) in [5.41, 5.74) is 8.90. The van der Waals surface area contributed by atoms with Crippen molar-refractivity contribution in [3.8, 4) is 0 Å². The number of amides is 1. The van der Waals surface area contributed by atoms with Gasteiger partial charge >= 0.3 is 0 Å². The molecule has 4 rings (SSSR count). The van der Waals surface area contributed by atoms with Gasteiger partial charge in [-0.05, 0) is 49.7 Å². The largest absolute Gasteiger partial charge is 0.382 e. The average molecular weight is 322 g/mol. The van der Waals surface area contributed by atoms with Gasteiger partial charge in [-0.15, -0.1) is 0 Å². The average Bonchev–Trinajstić information content (AvgIpc) is 3.36. The van der Waals surface area contributed by atoms with Crippen LogP contribution in [0.2, 0.25) is 0 Å². The molecule has 24 heavy (non-hydrogen) atoms. The van der Waals surface area contributed by atoms with Gasteiger partial charge in [0, 0.05) is 24.5 Å². The summed E-state index contributed by atoms with van der Waals surface area (Å²) in [6.07, 6.45) is 7.26. The molecule has 1 amide bonds. The van der Waals surface area contributed by atoms with Crippen LogP contribution in [0.4, 0.5) is 5.82 Å². The quantitative estimate of drug-likeness (QED) is 0.939. The number of aryl methyl sites for hydroxylation is 1. The van der Waals surface area contributed by atoms with Crippen molar-refractivity contribution in [1.29, 1.82) is 0 Å². The summed E-state index contributed by atoms with van der Waals surface area (Å²) < 4.78 is 0. The van der Waals surface area contributed by atoms with Crippen molar-refractivity contribution in [2.75, 3.05) is 5.73 Å². The molecule has 2 aromatic rings. The first kappa shape index (κ1) is 15.1. The van der Waals surface area contributed by atoms with E-state index < -0.39 is 0 Å². The SMILES string of the molecule is Cc1ccccc1C1CC(N(C(=O)c2nccnc2N)C2CC2)C1. The lowest BCUT2D eigenvalue weighted by atomic mass is 9.73. The molecule has 0 saturated heterocycles. The van der Waals surface area contributed by atoms with Crippen molar-refractivity contribution in [3.05, 3.63) is 53.5 Å². The topological polar surface area (TPSA) is 72.1 Å². The van der Waals surface area contributed by atoms with E-state index in [2.05, 4.69) is 41.2 Å². The van der Waals surface area contributed by atoms with Gasteiger partial charge in [-0.1, -0.05) is 24.3 Å². The van der Waals surface area contributed by atoms with Crippen molar-refractivity contribution in [1.82, 2.24) is 14.9 Å². The molecule has 2 N–H and O–H groups in total. The minimum Gasteiger partial charge on any atom is -0.382 e. The number of nitrogens with two attached hydrogens (primary N) is 1. The highest BCUT2D eigenvalue weighted by atomic mass is 16.2. The lowest BCUT2D eigenvalue weighted by Gasteiger charge is -2.44. The Hall–Kier alpha value is -2.43. The van der Waals surface area contributed by atoms with Crippen LogP contribution in [0.5, 0.6) is 0 Å². The third-order valence-electron chi connectivity index (χ3n) is 5.24. The standard InChI is InChI=1S/C19H22N4O/c1-12-4-2-3-5-16(12)13-10-15(11-13)23(14-6-7-14)19(24)17-18(20)22-9-8-21-17/h2-5,8-9,13-15H,6-7,10-11H2,1H3,(H2,20,22). The Bertz CT molecular complexity index is 765. The molecule has 0 spiro atoms. The first-order valence-corrected chi connectivity index (χ1v) is 8.60. The number of hydrogen-bond donors (Lipinski definition) is 1. The fourth-order valence-electron chi connectivity index (χ4n) is 3.73. The van der Waals surface area contributed by atoms with Crippen molar-refractivity contribution < 1.29 is 4.79 Å². The van der Waals surface area contributed by atoms with Gasteiger partial charge in [0.2, 0.25) is 0 Å². The number of carbonyl (C=O) groups is 1. The van der Waals surface area contributed by atoms with Crippen LogP contribution in [-0.2, 0) is 0 Å². The number of anilines is 1. The monoisotopic (exact) mass is 322 g/mol. The fraction of sp³-hybridized carbons (Fsp3) is 0.421. The number of rotatable bonds is 4. The number of nitrogens with zero attached hydrogens (tertiary/aromatic N) is 3. The lowest BCUT2D eigenvalue weighted by Crippen LogP contribution is -2.48. The van der Waals surface area contributed by atoms with Crippen LogP contribution in [-0.4, -0.2) is 32.9 Å². The molecule has 5 nitrogen and oxygen atoms in total. The van der Waals surface area contributed by atoms with E-state index in [9.17, 15) is 4.79 Å². The van der Waals surface area contributed by atoms with Gasteiger partial charge in [0.15, 0.2) is 11.5 Å². The molecule has 1 aromatic carbocycles. The highest BCUT2D eigenvalue weighted by Gasteiger charge is 2.44. The minimum atomic E-state index is -0.0590. The van der Waals surface area contributed by atoms with E-state index >= 15 is 0 Å². The molecule has 0 radical (unpaired) electrons. The Morgan fingerprint density at radius 1 is 1.12 bits per heavy atom. The molecule has 1 heterocycles. The van der Waals surface area contributed by atoms with Gasteiger partial charge in [0.25, 0.3) is 5.91 Å². The van der Waals surface area contributed by atoms with Gasteiger partial charge in [-0.25, -0.2) is 9.97 Å². The zero-order chi connectivity index (χ0) is 16.7. The second-order valence-electron chi connectivity index (χ2n) is 6.91. The number of nitrogen functional groups attached to an aromatic ring is 1. The molecule has 2 aliphatic carbocycles. The lowest BCUT2D eigenvalue weighted by molar-refractivity contribution is 0.0511. The Labute approximate surface area is 141 Å². The van der Waals surface area contributed by atoms with E-state index in [1.807, 2.05) is 4.90 Å². The number of aromatic nitrogens is 2. The molecule has 0 atom stereocenters. The molecule has 124 valence electrons. The van der Waals surface area contributed by atoms with E-state index in [0.29, 0.717) is 17.7 Å². The summed E-state index contributed by atoms with van der Waals surface area (Å²) >= 11 is 0. The predicted octanol–water partition coefficient (Wildman–Crippen LogP) is 2.92. The van der Waals surface area contributed by atoms with E-state index in [1.165, 1.54) is 23.5 Å². The zero-order valence-corrected chi connectivity index (χ0v) is 13.9. The van der Waals surface area contributed by atoms with Crippen molar-refractivity contribution >= 4 is 11.7 Å². The molecule has 2 aliphatic rings. The van der Waals surface area contributed by atoms with Gasteiger partial charge < -0.3 is 10.6 Å². The van der Waals surface area contributed by atoms with Gasteiger partial charge in [-0.3, -0.25) is 4.79 Å². The van der Waals surface area contributed by atoms with Crippen LogP contribution < -0.4 is 5.73 Å². The first-order valence-electron chi connectivity index (χ1n) is 8.60. The smallest absolute Gasteiger partial charge is 0.276 e. The van der Waals surface area contributed by atoms with Gasteiger partial charge in [0.05, 0.1) is 0 Å². The summed E-state index contributed by atoms with van der Waals surface area (Å²) in [4.78, 5) is 23.1. The summed E-state index contributed by atoms with van der Waals surface area (Å²) in [5.74, 6) is 0.712. The van der Waals surface area contributed by atoms with E-state index in [1.54, 1.807) is 0 Å². The van der Waals surface area contributed by atoms with Crippen LogP contribution in [0.15, 0.2) is 36.7 Å². The molecule has 2 saturated carbocycles. The van der Waals surface area contributed by atoms with Crippen LogP contribution in [0.3, 0.4) is 0 Å². The summed E-state index contributed by atoms with van der Waals surface area (Å²) in [7, 11) is 0. The Kier molecular flexibility index (Phi) is 3.71. The maximum Gasteiger partial charge on any atom is 0.276 e. The van der Waals surface area contributed by atoms with Crippen molar-refractivity contribution in [2.45, 2.75) is 50.6 Å². The molecule has 0 bridgehead atoms. The second-order valence-corrected chi connectivity index (χ2v) is 6.91. The molecule has 0 aliphatic heterocycles. The molecule has 0 unspecified atom stereocenters. The molecule has 5 heteroatoms. The molecule has 2 fully saturated rings. The van der Waals surface area contributed by atoms with Gasteiger partial charge in [0.1, 0.15) is 0 Å². The Morgan fingerprint density at radius 2 is 1.83 bits per heavy atom. The van der Waals surface area contributed by atoms with Crippen molar-refractivity contribution in [3.63, 3.8) is 0 Å². The van der Waals surface area contributed by atoms with E-state index in [4.69, 9.17) is 5.73 Å². The first-order chi connectivity index (χ1) is 11.6. The summed E-state index contributed by atoms with van der Waals surface area (Å²) in [5, 5.41) is 0. The predicted molar refractivity (Wildman–Crippen MR) is 92.6 cm³/mol. The zero-order valence-electron chi connectivity index (χ0n) is 13.9. The summed E-state index contributed by atoms with van der Waals surface area (Å²) in [6.45, 7) is 2.16. The summed E-state index contributed by atoms with van der Waals surface area (Å²) in [6, 6.07) is 9.18. The maximum absolute atomic E-state index is 12.9.